The van der Waals surface area contributed by atoms with E-state index in [-0.39, 0.29) is 30.9 Å². The Kier molecular flexibility index (Phi) is 13.0. The number of carboxylic acid groups (broad SMARTS) is 2. The Balaban J connectivity index is 5.41. The predicted octanol–water partition coefficient (Wildman–Crippen LogP) is -2.43. The van der Waals surface area contributed by atoms with Gasteiger partial charge in [0.15, 0.2) is 0 Å². The molecule has 4 atom stereocenters. The van der Waals surface area contributed by atoms with Crippen molar-refractivity contribution in [3.8, 4) is 0 Å². The largest absolute Gasteiger partial charge is 0.481 e. The highest BCUT2D eigenvalue weighted by molar-refractivity contribution is 7.80. The third-order valence-corrected chi connectivity index (χ3v) is 4.55. The summed E-state index contributed by atoms with van der Waals surface area (Å²) in [5.41, 5.74) is 10.8. The van der Waals surface area contributed by atoms with Crippen molar-refractivity contribution in [3.63, 3.8) is 0 Å². The third-order valence-electron chi connectivity index (χ3n) is 4.18. The van der Waals surface area contributed by atoms with Crippen molar-refractivity contribution in [2.45, 2.75) is 63.7 Å². The maximum absolute atomic E-state index is 12.8. The Morgan fingerprint density at radius 1 is 0.875 bits per heavy atom. The van der Waals surface area contributed by atoms with E-state index in [1.807, 2.05) is 0 Å². The Morgan fingerprint density at radius 3 is 1.81 bits per heavy atom. The number of amides is 4. The highest BCUT2D eigenvalue weighted by Crippen LogP contribution is 2.07. The molecule has 0 aromatic carbocycles. The first-order chi connectivity index (χ1) is 14.8. The van der Waals surface area contributed by atoms with Gasteiger partial charge in [-0.1, -0.05) is 13.8 Å². The monoisotopic (exact) mass is 477 g/mol. The number of nitrogens with one attached hydrogen (secondary N) is 3. The van der Waals surface area contributed by atoms with Gasteiger partial charge < -0.3 is 37.6 Å². The average molecular weight is 478 g/mol. The summed E-state index contributed by atoms with van der Waals surface area (Å²) in [5.74, 6) is -6.29. The number of hydrogen-bond acceptors (Lipinski definition) is 8. The summed E-state index contributed by atoms with van der Waals surface area (Å²) in [6.45, 7) is 3.54. The van der Waals surface area contributed by atoms with Crippen LogP contribution in [0.5, 0.6) is 0 Å². The van der Waals surface area contributed by atoms with Crippen LogP contribution in [-0.4, -0.2) is 75.7 Å². The van der Waals surface area contributed by atoms with Gasteiger partial charge in [-0.3, -0.25) is 24.0 Å². The zero-order valence-corrected chi connectivity index (χ0v) is 18.8. The number of carboxylic acids is 2. The van der Waals surface area contributed by atoms with Crippen LogP contribution in [0.15, 0.2) is 0 Å². The van der Waals surface area contributed by atoms with Gasteiger partial charge in [0, 0.05) is 12.2 Å². The number of thiol groups is 1. The molecule has 4 unspecified atom stereocenters. The molecule has 0 aliphatic heterocycles. The number of hydrogen-bond donors (Lipinski definition) is 8. The minimum atomic E-state index is -1.49. The lowest BCUT2D eigenvalue weighted by atomic mass is 10.0. The topological polar surface area (TPSA) is 231 Å². The molecule has 0 aromatic rings. The van der Waals surface area contributed by atoms with Gasteiger partial charge in [-0.15, -0.1) is 0 Å². The van der Waals surface area contributed by atoms with Crippen LogP contribution in [0.2, 0.25) is 0 Å². The molecule has 0 saturated heterocycles. The minimum absolute atomic E-state index is 0.0784. The molecule has 0 heterocycles. The molecule has 14 heteroatoms. The maximum atomic E-state index is 12.8. The van der Waals surface area contributed by atoms with Crippen molar-refractivity contribution in [2.24, 2.45) is 17.4 Å². The van der Waals surface area contributed by atoms with Crippen LogP contribution in [-0.2, 0) is 28.8 Å². The van der Waals surface area contributed by atoms with E-state index in [4.69, 9.17) is 21.7 Å². The van der Waals surface area contributed by atoms with E-state index in [1.165, 1.54) is 0 Å². The van der Waals surface area contributed by atoms with E-state index in [2.05, 4.69) is 28.6 Å². The molecule has 0 bridgehead atoms. The van der Waals surface area contributed by atoms with Gasteiger partial charge >= 0.3 is 11.9 Å². The van der Waals surface area contributed by atoms with Gasteiger partial charge in [0.2, 0.25) is 23.6 Å². The van der Waals surface area contributed by atoms with E-state index in [1.54, 1.807) is 13.8 Å². The summed E-state index contributed by atoms with van der Waals surface area (Å²) >= 11 is 3.82. The normalized spacial score (nSPS) is 14.5. The summed E-state index contributed by atoms with van der Waals surface area (Å²) in [6.07, 6.45) is -0.962. The van der Waals surface area contributed by atoms with E-state index in [0.29, 0.717) is 0 Å². The molecule has 13 nitrogen and oxygen atoms in total. The van der Waals surface area contributed by atoms with Crippen LogP contribution in [0, 0.1) is 5.92 Å². The first-order valence-electron chi connectivity index (χ1n) is 9.78. The highest BCUT2D eigenvalue weighted by Gasteiger charge is 2.31. The van der Waals surface area contributed by atoms with Crippen LogP contribution in [0.3, 0.4) is 0 Å². The zero-order chi connectivity index (χ0) is 25.0. The number of carbonyl (C=O) groups is 6. The first-order valence-corrected chi connectivity index (χ1v) is 10.4. The summed E-state index contributed by atoms with van der Waals surface area (Å²) < 4.78 is 0. The van der Waals surface area contributed by atoms with Gasteiger partial charge in [0.05, 0.1) is 12.5 Å². The lowest BCUT2D eigenvalue weighted by Gasteiger charge is -2.25. The molecular formula is C18H31N5O8S. The Labute approximate surface area is 190 Å². The quantitative estimate of drug-likeness (QED) is 0.117. The van der Waals surface area contributed by atoms with Gasteiger partial charge in [-0.05, 0) is 18.8 Å². The Bertz CT molecular complexity index is 717. The summed E-state index contributed by atoms with van der Waals surface area (Å²) in [6, 6.07) is -5.18. The van der Waals surface area contributed by atoms with Crippen LogP contribution in [0.4, 0.5) is 0 Å². The second kappa shape index (κ2) is 14.2. The second-order valence-corrected chi connectivity index (χ2v) is 7.91. The van der Waals surface area contributed by atoms with E-state index in [0.717, 1.165) is 0 Å². The van der Waals surface area contributed by atoms with Crippen molar-refractivity contribution in [1.82, 2.24) is 16.0 Å². The minimum Gasteiger partial charge on any atom is -0.481 e. The van der Waals surface area contributed by atoms with E-state index < -0.39 is 66.2 Å². The molecule has 0 aliphatic rings. The smallest absolute Gasteiger partial charge is 0.327 e. The van der Waals surface area contributed by atoms with E-state index in [9.17, 15) is 28.8 Å². The number of carbonyl (C=O) groups excluding carboxylic acids is 4. The summed E-state index contributed by atoms with van der Waals surface area (Å²) in [4.78, 5) is 70.6. The Hall–Kier alpha value is -2.87. The van der Waals surface area contributed by atoms with Gasteiger partial charge in [-0.25, -0.2) is 4.79 Å². The fourth-order valence-electron chi connectivity index (χ4n) is 2.53. The zero-order valence-electron chi connectivity index (χ0n) is 17.9. The fourth-order valence-corrected chi connectivity index (χ4v) is 2.78. The second-order valence-electron chi connectivity index (χ2n) is 7.54. The molecule has 0 rings (SSSR count). The first kappa shape index (κ1) is 29.1. The molecule has 9 N–H and O–H groups in total. The maximum Gasteiger partial charge on any atom is 0.327 e. The molecule has 0 saturated carbocycles. The van der Waals surface area contributed by atoms with Gasteiger partial charge in [0.25, 0.3) is 0 Å². The lowest BCUT2D eigenvalue weighted by Crippen LogP contribution is -2.58. The van der Waals surface area contributed by atoms with Crippen LogP contribution >= 0.6 is 12.6 Å². The fraction of sp³-hybridized carbons (Fsp3) is 0.667. The molecule has 182 valence electrons. The van der Waals surface area contributed by atoms with Crippen molar-refractivity contribution in [3.05, 3.63) is 0 Å². The van der Waals surface area contributed by atoms with Crippen molar-refractivity contribution < 1.29 is 39.0 Å². The molecule has 0 radical (unpaired) electrons. The Morgan fingerprint density at radius 2 is 1.38 bits per heavy atom. The SMILES string of the molecule is CC(C)CC(NC(=O)C(N)CCC(=O)O)C(=O)NC(CC(N)=O)C(=O)NC(CS)C(=O)O. The number of aliphatic carboxylic acids is 2. The third kappa shape index (κ3) is 11.5. The average Bonchev–Trinajstić information content (AvgIpc) is 2.67. The molecule has 0 aromatic heterocycles. The molecule has 0 aliphatic carbocycles. The number of nitrogens with two attached hydrogens (primary N) is 2. The highest BCUT2D eigenvalue weighted by atomic mass is 32.1. The molecular weight excluding hydrogens is 446 g/mol. The number of primary amides is 1. The van der Waals surface area contributed by atoms with Gasteiger partial charge in [0.1, 0.15) is 18.1 Å². The van der Waals surface area contributed by atoms with Crippen molar-refractivity contribution in [2.75, 3.05) is 5.75 Å². The predicted molar refractivity (Wildman–Crippen MR) is 115 cm³/mol. The molecule has 0 spiro atoms. The summed E-state index contributed by atoms with van der Waals surface area (Å²) in [5, 5.41) is 24.6. The standard InChI is InChI=1S/C18H31N5O8S/c1-8(2)5-10(21-15(27)9(19)3-4-14(25)26)16(28)22-11(6-13(20)24)17(29)23-12(7-32)18(30)31/h8-12,32H,3-7,19H2,1-2H3,(H2,20,24)(H,21,27)(H,22,28)(H,23,29)(H,25,26)(H,30,31). The lowest BCUT2D eigenvalue weighted by molar-refractivity contribution is -0.142. The van der Waals surface area contributed by atoms with Gasteiger partial charge in [-0.2, -0.15) is 12.6 Å². The van der Waals surface area contributed by atoms with Crippen LogP contribution in [0.1, 0.15) is 39.5 Å². The molecule has 4 amide bonds. The van der Waals surface area contributed by atoms with Crippen LogP contribution < -0.4 is 27.4 Å². The molecule has 32 heavy (non-hydrogen) atoms. The van der Waals surface area contributed by atoms with Crippen molar-refractivity contribution in [1.29, 1.82) is 0 Å². The summed E-state index contributed by atoms with van der Waals surface area (Å²) in [7, 11) is 0. The van der Waals surface area contributed by atoms with Crippen molar-refractivity contribution >= 4 is 48.2 Å². The van der Waals surface area contributed by atoms with Crippen LogP contribution in [0.25, 0.3) is 0 Å². The molecule has 0 fully saturated rings. The number of rotatable bonds is 15. The van der Waals surface area contributed by atoms with E-state index >= 15 is 0 Å².